The molecule has 0 amide bonds. The summed E-state index contributed by atoms with van der Waals surface area (Å²) in [5.74, 6) is 1.66. The van der Waals surface area contributed by atoms with E-state index in [0.29, 0.717) is 39.6 Å². The van der Waals surface area contributed by atoms with Crippen LogP contribution in [0.25, 0.3) is 16.6 Å². The summed E-state index contributed by atoms with van der Waals surface area (Å²) < 4.78 is 27.4. The van der Waals surface area contributed by atoms with Gasteiger partial charge in [-0.25, -0.2) is 23.9 Å². The molecule has 0 aliphatic heterocycles. The molecule has 0 spiro atoms. The van der Waals surface area contributed by atoms with Gasteiger partial charge < -0.3 is 14.8 Å². The highest BCUT2D eigenvalue weighted by Crippen LogP contribution is 2.32. The number of methoxy groups -OCH3 is 1. The van der Waals surface area contributed by atoms with E-state index in [0.717, 1.165) is 11.3 Å². The number of hydrogen-bond acceptors (Lipinski definition) is 7. The van der Waals surface area contributed by atoms with Crippen LogP contribution in [-0.4, -0.2) is 31.7 Å². The van der Waals surface area contributed by atoms with E-state index in [1.54, 1.807) is 16.8 Å². The number of aryl methyl sites for hydroxylation is 1. The number of halogens is 1. The van der Waals surface area contributed by atoms with Gasteiger partial charge >= 0.3 is 0 Å². The monoisotopic (exact) mass is 416 g/mol. The number of aromatic nitrogens is 5. The second kappa shape index (κ2) is 7.52. The Kier molecular flexibility index (Phi) is 4.55. The smallest absolute Gasteiger partial charge is 0.158 e. The maximum absolute atomic E-state index is 14.6. The highest BCUT2D eigenvalue weighted by molar-refractivity contribution is 5.92. The van der Waals surface area contributed by atoms with Crippen molar-refractivity contribution < 1.29 is 13.9 Å². The van der Waals surface area contributed by atoms with Gasteiger partial charge in [-0.3, -0.25) is 0 Å². The number of hydrogen-bond donors (Lipinski definition) is 1. The molecule has 2 aromatic carbocycles. The second-order valence-electron chi connectivity index (χ2n) is 6.86. The van der Waals surface area contributed by atoms with Crippen molar-refractivity contribution in [2.75, 3.05) is 12.4 Å². The van der Waals surface area contributed by atoms with Crippen molar-refractivity contribution >= 4 is 28.1 Å². The lowest BCUT2D eigenvalue weighted by Crippen LogP contribution is -1.99. The standard InChI is InChI=1S/C22H17FN6O2/c1-13-7-14(3-4-19(13)31-15-5-6-29-20(10-15)25-12-27-29)28-22-21-17(23)8-16(30-2)9-18(21)24-11-26-22/h3-12H,1-2H3,(H,24,26,28). The van der Waals surface area contributed by atoms with E-state index in [-0.39, 0.29) is 0 Å². The van der Waals surface area contributed by atoms with Crippen LogP contribution >= 0.6 is 0 Å². The lowest BCUT2D eigenvalue weighted by molar-refractivity contribution is 0.412. The molecule has 0 aliphatic carbocycles. The molecule has 3 aromatic heterocycles. The highest BCUT2D eigenvalue weighted by atomic mass is 19.1. The Morgan fingerprint density at radius 1 is 0.968 bits per heavy atom. The minimum atomic E-state index is -0.460. The van der Waals surface area contributed by atoms with Crippen LogP contribution in [0.5, 0.6) is 17.2 Å². The Morgan fingerprint density at radius 2 is 1.87 bits per heavy atom. The summed E-state index contributed by atoms with van der Waals surface area (Å²) in [4.78, 5) is 12.5. The quantitative estimate of drug-likeness (QED) is 0.446. The van der Waals surface area contributed by atoms with Crippen molar-refractivity contribution in [1.29, 1.82) is 0 Å². The zero-order valence-electron chi connectivity index (χ0n) is 16.7. The second-order valence-corrected chi connectivity index (χ2v) is 6.86. The van der Waals surface area contributed by atoms with E-state index < -0.39 is 5.82 Å². The number of pyridine rings is 1. The molecule has 0 bridgehead atoms. The van der Waals surface area contributed by atoms with Crippen molar-refractivity contribution in [3.8, 4) is 17.2 Å². The van der Waals surface area contributed by atoms with Gasteiger partial charge in [0.15, 0.2) is 5.65 Å². The predicted molar refractivity (Wildman–Crippen MR) is 114 cm³/mol. The molecular weight excluding hydrogens is 399 g/mol. The average Bonchev–Trinajstić information content (AvgIpc) is 3.23. The fourth-order valence-corrected chi connectivity index (χ4v) is 3.30. The normalized spacial score (nSPS) is 11.1. The number of ether oxygens (including phenoxy) is 2. The van der Waals surface area contributed by atoms with Gasteiger partial charge in [0.05, 0.1) is 18.0 Å². The van der Waals surface area contributed by atoms with E-state index in [2.05, 4.69) is 25.4 Å². The summed E-state index contributed by atoms with van der Waals surface area (Å²) >= 11 is 0. The summed E-state index contributed by atoms with van der Waals surface area (Å²) in [6.07, 6.45) is 4.65. The average molecular weight is 416 g/mol. The number of nitrogens with one attached hydrogen (secondary N) is 1. The Morgan fingerprint density at radius 3 is 2.71 bits per heavy atom. The van der Waals surface area contributed by atoms with E-state index in [1.165, 1.54) is 25.8 Å². The molecule has 3 heterocycles. The number of nitrogens with zero attached hydrogens (tertiary/aromatic N) is 5. The van der Waals surface area contributed by atoms with Gasteiger partial charge in [0.25, 0.3) is 0 Å². The van der Waals surface area contributed by atoms with Gasteiger partial charge in [0.1, 0.15) is 41.5 Å². The Hall–Kier alpha value is -4.27. The molecule has 0 atom stereocenters. The molecule has 1 N–H and O–H groups in total. The van der Waals surface area contributed by atoms with Crippen LogP contribution in [0.2, 0.25) is 0 Å². The molecule has 8 nitrogen and oxygen atoms in total. The van der Waals surface area contributed by atoms with Crippen molar-refractivity contribution in [3.05, 3.63) is 72.7 Å². The minimum Gasteiger partial charge on any atom is -0.497 e. The molecule has 31 heavy (non-hydrogen) atoms. The van der Waals surface area contributed by atoms with Crippen LogP contribution in [0.15, 0.2) is 61.3 Å². The van der Waals surface area contributed by atoms with Crippen LogP contribution in [0.3, 0.4) is 0 Å². The summed E-state index contributed by atoms with van der Waals surface area (Å²) in [5.41, 5.74) is 2.79. The third kappa shape index (κ3) is 3.57. The first-order chi connectivity index (χ1) is 15.1. The molecule has 0 saturated heterocycles. The van der Waals surface area contributed by atoms with E-state index in [9.17, 15) is 4.39 Å². The summed E-state index contributed by atoms with van der Waals surface area (Å²) in [6.45, 7) is 1.93. The zero-order valence-corrected chi connectivity index (χ0v) is 16.7. The zero-order chi connectivity index (χ0) is 21.4. The van der Waals surface area contributed by atoms with Gasteiger partial charge in [-0.1, -0.05) is 0 Å². The first-order valence-corrected chi connectivity index (χ1v) is 9.44. The first-order valence-electron chi connectivity index (χ1n) is 9.44. The maximum Gasteiger partial charge on any atom is 0.158 e. The van der Waals surface area contributed by atoms with Gasteiger partial charge in [0.2, 0.25) is 0 Å². The van der Waals surface area contributed by atoms with Gasteiger partial charge in [-0.2, -0.15) is 5.10 Å². The Labute approximate surface area is 176 Å². The highest BCUT2D eigenvalue weighted by Gasteiger charge is 2.13. The molecule has 5 aromatic rings. The van der Waals surface area contributed by atoms with Crippen molar-refractivity contribution in [2.24, 2.45) is 0 Å². The molecule has 0 saturated carbocycles. The molecule has 5 rings (SSSR count). The fraction of sp³-hybridized carbons (Fsp3) is 0.0909. The fourth-order valence-electron chi connectivity index (χ4n) is 3.30. The third-order valence-corrected chi connectivity index (χ3v) is 4.82. The molecule has 0 fully saturated rings. The molecule has 0 radical (unpaired) electrons. The molecular formula is C22H17FN6O2. The molecule has 0 aliphatic rings. The van der Waals surface area contributed by atoms with Crippen LogP contribution < -0.4 is 14.8 Å². The number of rotatable bonds is 5. The largest absolute Gasteiger partial charge is 0.497 e. The van der Waals surface area contributed by atoms with Crippen LogP contribution in [0.1, 0.15) is 5.56 Å². The lowest BCUT2D eigenvalue weighted by atomic mass is 10.1. The van der Waals surface area contributed by atoms with Crippen LogP contribution in [0.4, 0.5) is 15.9 Å². The summed E-state index contributed by atoms with van der Waals surface area (Å²) in [5, 5.41) is 7.53. The van der Waals surface area contributed by atoms with E-state index in [1.807, 2.05) is 37.3 Å². The van der Waals surface area contributed by atoms with Crippen molar-refractivity contribution in [2.45, 2.75) is 6.92 Å². The van der Waals surface area contributed by atoms with E-state index in [4.69, 9.17) is 9.47 Å². The Balaban J connectivity index is 1.42. The number of anilines is 2. The summed E-state index contributed by atoms with van der Waals surface area (Å²) in [7, 11) is 1.48. The molecule has 0 unspecified atom stereocenters. The maximum atomic E-state index is 14.6. The van der Waals surface area contributed by atoms with Gasteiger partial charge in [0, 0.05) is 30.1 Å². The number of fused-ring (bicyclic) bond motifs is 2. The van der Waals surface area contributed by atoms with Crippen molar-refractivity contribution in [1.82, 2.24) is 24.6 Å². The molecule has 154 valence electrons. The topological polar surface area (TPSA) is 86.5 Å². The SMILES string of the molecule is COc1cc(F)c2c(Nc3ccc(Oc4ccn5ncnc5c4)c(C)c3)ncnc2c1. The van der Waals surface area contributed by atoms with E-state index >= 15 is 0 Å². The van der Waals surface area contributed by atoms with Crippen molar-refractivity contribution in [3.63, 3.8) is 0 Å². The van der Waals surface area contributed by atoms with Crippen LogP contribution in [-0.2, 0) is 0 Å². The lowest BCUT2D eigenvalue weighted by Gasteiger charge is -2.13. The predicted octanol–water partition coefficient (Wildman–Crippen LogP) is 4.66. The third-order valence-electron chi connectivity index (χ3n) is 4.82. The van der Waals surface area contributed by atoms with Gasteiger partial charge in [-0.05, 0) is 36.8 Å². The summed E-state index contributed by atoms with van der Waals surface area (Å²) in [6, 6.07) is 12.2. The Bertz CT molecular complexity index is 1420. The first kappa shape index (κ1) is 18.7. The van der Waals surface area contributed by atoms with Crippen LogP contribution in [0, 0.1) is 12.7 Å². The number of benzene rings is 2. The van der Waals surface area contributed by atoms with Gasteiger partial charge in [-0.15, -0.1) is 0 Å². The molecule has 9 heteroatoms. The minimum absolute atomic E-state index is 0.294.